The van der Waals surface area contributed by atoms with Gasteiger partial charge >= 0.3 is 0 Å². The molecule has 0 spiro atoms. The number of carbonyl (C=O) groups is 1. The van der Waals surface area contributed by atoms with Gasteiger partial charge in [-0.25, -0.2) is 0 Å². The minimum Gasteiger partial charge on any atom is -0.396 e. The van der Waals surface area contributed by atoms with Gasteiger partial charge in [-0.1, -0.05) is 0 Å². The molecule has 0 bridgehead atoms. The molecule has 0 radical (unpaired) electrons. The Morgan fingerprint density at radius 1 is 1.46 bits per heavy atom. The van der Waals surface area contributed by atoms with Gasteiger partial charge in [0.05, 0.1) is 0 Å². The van der Waals surface area contributed by atoms with Crippen molar-refractivity contribution in [2.24, 2.45) is 5.92 Å². The van der Waals surface area contributed by atoms with Crippen molar-refractivity contribution >= 4 is 5.91 Å². The number of hydrogen-bond acceptors (Lipinski definition) is 2. The Balaban J connectivity index is 2.26. The maximum atomic E-state index is 10.8. The average Bonchev–Trinajstić information content (AvgIpc) is 2.19. The van der Waals surface area contributed by atoms with Gasteiger partial charge in [0.2, 0.25) is 0 Å². The second-order valence-electron chi connectivity index (χ2n) is 3.52. The van der Waals surface area contributed by atoms with Crippen LogP contribution in [-0.2, 0) is 4.79 Å². The number of rotatable bonds is 2. The molecule has 0 aromatic carbocycles. The van der Waals surface area contributed by atoms with E-state index in [1.54, 1.807) is 0 Å². The van der Waals surface area contributed by atoms with E-state index in [9.17, 15) is 4.79 Å². The van der Waals surface area contributed by atoms with Crippen LogP contribution in [0.2, 0.25) is 0 Å². The summed E-state index contributed by atoms with van der Waals surface area (Å²) in [6, 6.07) is 0.214. The molecule has 1 amide bonds. The van der Waals surface area contributed by atoms with Crippen LogP contribution in [0.15, 0.2) is 0 Å². The van der Waals surface area contributed by atoms with Crippen LogP contribution in [0.5, 0.6) is 0 Å². The molecule has 0 aliphatic heterocycles. The molecule has 13 heavy (non-hydrogen) atoms. The zero-order chi connectivity index (χ0) is 9.68. The molecule has 0 aromatic heterocycles. The number of carbonyl (C=O) groups excluding carboxylic acids is 1. The van der Waals surface area contributed by atoms with E-state index < -0.39 is 0 Å². The Morgan fingerprint density at radius 3 is 2.54 bits per heavy atom. The van der Waals surface area contributed by atoms with E-state index in [1.165, 1.54) is 0 Å². The van der Waals surface area contributed by atoms with Gasteiger partial charge in [0.25, 0.3) is 5.91 Å². The maximum absolute atomic E-state index is 10.8. The summed E-state index contributed by atoms with van der Waals surface area (Å²) in [6.45, 7) is 0.260. The van der Waals surface area contributed by atoms with Crippen LogP contribution >= 0.6 is 0 Å². The molecule has 72 valence electrons. The van der Waals surface area contributed by atoms with Crippen LogP contribution in [-0.4, -0.2) is 23.7 Å². The number of aliphatic hydroxyl groups excluding tert-OH is 1. The van der Waals surface area contributed by atoms with E-state index in [2.05, 4.69) is 5.32 Å². The second kappa shape index (κ2) is 4.88. The summed E-state index contributed by atoms with van der Waals surface area (Å²) in [7, 11) is 0. The zero-order valence-corrected chi connectivity index (χ0v) is 7.62. The Bertz CT molecular complexity index is 211. The third-order valence-electron chi connectivity index (χ3n) is 2.57. The Kier molecular flexibility index (Phi) is 3.78. The monoisotopic (exact) mass is 181 g/mol. The number of hydrogen-bond donors (Lipinski definition) is 2. The summed E-state index contributed by atoms with van der Waals surface area (Å²) in [5, 5.41) is 11.6. The lowest BCUT2D eigenvalue weighted by atomic mass is 9.86. The summed E-state index contributed by atoms with van der Waals surface area (Å²) in [5.74, 6) is 2.13. The summed E-state index contributed by atoms with van der Waals surface area (Å²) in [5.41, 5.74) is 0. The van der Waals surface area contributed by atoms with Gasteiger partial charge in [0.1, 0.15) is 0 Å². The molecule has 1 fully saturated rings. The van der Waals surface area contributed by atoms with Crippen LogP contribution in [0.1, 0.15) is 25.7 Å². The highest BCUT2D eigenvalue weighted by Gasteiger charge is 2.20. The summed E-state index contributed by atoms with van der Waals surface area (Å²) in [4.78, 5) is 10.8. The lowest BCUT2D eigenvalue weighted by Crippen LogP contribution is -2.37. The lowest BCUT2D eigenvalue weighted by Gasteiger charge is -2.27. The van der Waals surface area contributed by atoms with E-state index in [-0.39, 0.29) is 18.6 Å². The fourth-order valence-electron chi connectivity index (χ4n) is 1.72. The molecule has 0 saturated heterocycles. The van der Waals surface area contributed by atoms with Gasteiger partial charge in [0.15, 0.2) is 0 Å². The Morgan fingerprint density at radius 2 is 2.08 bits per heavy atom. The van der Waals surface area contributed by atoms with Gasteiger partial charge in [-0.05, 0) is 37.5 Å². The molecule has 2 N–H and O–H groups in total. The van der Waals surface area contributed by atoms with Crippen molar-refractivity contribution in [3.05, 3.63) is 0 Å². The van der Waals surface area contributed by atoms with Crippen LogP contribution in [0.25, 0.3) is 0 Å². The van der Waals surface area contributed by atoms with E-state index >= 15 is 0 Å². The van der Waals surface area contributed by atoms with Gasteiger partial charge in [-0.2, -0.15) is 0 Å². The molecule has 1 aliphatic carbocycles. The second-order valence-corrected chi connectivity index (χ2v) is 3.52. The molecular weight excluding hydrogens is 166 g/mol. The standard InChI is InChI=1S/C10H15NO2/c1-2-10(13)11-9-5-3-8(7-12)4-6-9/h1,8-9,12H,3-7H2,(H,11,13). The largest absolute Gasteiger partial charge is 0.396 e. The predicted octanol–water partition coefficient (Wildman–Crippen LogP) is 0.287. The first kappa shape index (κ1) is 10.1. The molecular formula is C10H15NO2. The van der Waals surface area contributed by atoms with Gasteiger partial charge in [-0.15, -0.1) is 6.42 Å². The topological polar surface area (TPSA) is 49.3 Å². The van der Waals surface area contributed by atoms with Crippen molar-refractivity contribution in [2.45, 2.75) is 31.7 Å². The van der Waals surface area contributed by atoms with E-state index in [1.807, 2.05) is 5.92 Å². The van der Waals surface area contributed by atoms with Crippen molar-refractivity contribution < 1.29 is 9.90 Å². The van der Waals surface area contributed by atoms with Gasteiger partial charge in [-0.3, -0.25) is 4.79 Å². The zero-order valence-electron chi connectivity index (χ0n) is 7.62. The molecule has 0 aromatic rings. The highest BCUT2D eigenvalue weighted by molar-refractivity contribution is 5.92. The molecule has 0 heterocycles. The minimum atomic E-state index is -0.326. The van der Waals surface area contributed by atoms with Crippen LogP contribution in [0.3, 0.4) is 0 Å². The highest BCUT2D eigenvalue weighted by atomic mass is 16.3. The van der Waals surface area contributed by atoms with E-state index in [0.29, 0.717) is 5.92 Å². The maximum Gasteiger partial charge on any atom is 0.295 e. The first-order chi connectivity index (χ1) is 6.26. The van der Waals surface area contributed by atoms with Gasteiger partial charge < -0.3 is 10.4 Å². The predicted molar refractivity (Wildman–Crippen MR) is 49.8 cm³/mol. The number of nitrogens with one attached hydrogen (secondary N) is 1. The van der Waals surface area contributed by atoms with Crippen molar-refractivity contribution in [3.63, 3.8) is 0 Å². The SMILES string of the molecule is C#CC(=O)NC1CCC(CO)CC1. The fraction of sp³-hybridized carbons (Fsp3) is 0.700. The summed E-state index contributed by atoms with van der Waals surface area (Å²) >= 11 is 0. The number of terminal acetylenes is 1. The molecule has 1 saturated carbocycles. The molecule has 3 heteroatoms. The van der Waals surface area contributed by atoms with Crippen molar-refractivity contribution in [2.75, 3.05) is 6.61 Å². The van der Waals surface area contributed by atoms with Crippen LogP contribution in [0.4, 0.5) is 0 Å². The Labute approximate surface area is 78.5 Å². The molecule has 1 rings (SSSR count). The first-order valence-electron chi connectivity index (χ1n) is 4.64. The van der Waals surface area contributed by atoms with Crippen molar-refractivity contribution in [1.29, 1.82) is 0 Å². The summed E-state index contributed by atoms with van der Waals surface area (Å²) < 4.78 is 0. The van der Waals surface area contributed by atoms with Gasteiger partial charge in [0, 0.05) is 12.6 Å². The average molecular weight is 181 g/mol. The van der Waals surface area contributed by atoms with Crippen LogP contribution in [0, 0.1) is 18.3 Å². The molecule has 0 atom stereocenters. The lowest BCUT2D eigenvalue weighted by molar-refractivity contribution is -0.116. The molecule has 1 aliphatic rings. The minimum absolute atomic E-state index is 0.214. The van der Waals surface area contributed by atoms with Crippen molar-refractivity contribution in [1.82, 2.24) is 5.32 Å². The normalized spacial score (nSPS) is 27.7. The third-order valence-corrected chi connectivity index (χ3v) is 2.57. The Hall–Kier alpha value is -1.01. The fourth-order valence-corrected chi connectivity index (χ4v) is 1.72. The first-order valence-corrected chi connectivity index (χ1v) is 4.64. The van der Waals surface area contributed by atoms with Crippen LogP contribution < -0.4 is 5.32 Å². The molecule has 3 nitrogen and oxygen atoms in total. The van der Waals surface area contributed by atoms with Crippen molar-refractivity contribution in [3.8, 4) is 12.3 Å². The third kappa shape index (κ3) is 3.08. The highest BCUT2D eigenvalue weighted by Crippen LogP contribution is 2.23. The van der Waals surface area contributed by atoms with E-state index in [0.717, 1.165) is 25.7 Å². The summed E-state index contributed by atoms with van der Waals surface area (Å²) in [6.07, 6.45) is 8.76. The number of aliphatic hydroxyl groups is 1. The smallest absolute Gasteiger partial charge is 0.295 e. The molecule has 0 unspecified atom stereocenters. The van der Waals surface area contributed by atoms with E-state index in [4.69, 9.17) is 11.5 Å². The number of amides is 1. The quantitative estimate of drug-likeness (QED) is 0.601.